The zero-order chi connectivity index (χ0) is 13.2. The van der Waals surface area contributed by atoms with Crippen molar-refractivity contribution in [2.75, 3.05) is 20.3 Å². The largest absolute Gasteiger partial charge is 0.381 e. The number of nitrogens with zero attached hydrogens (tertiary/aromatic N) is 1. The van der Waals surface area contributed by atoms with Crippen LogP contribution < -0.4 is 5.56 Å². The van der Waals surface area contributed by atoms with Gasteiger partial charge in [0.05, 0.1) is 9.26 Å². The molecule has 2 rings (SSSR count). The standard InChI is InChI=1S/C12H17IN2O3/c1-3-8-9(13)10(16)15-11(14-8)12(17-2)4-6-18-7-5-12/h3-7H2,1-2H3,(H,14,15,16). The molecular weight excluding hydrogens is 347 g/mol. The van der Waals surface area contributed by atoms with Gasteiger partial charge in [-0.3, -0.25) is 4.79 Å². The molecule has 0 bridgehead atoms. The van der Waals surface area contributed by atoms with Crippen molar-refractivity contribution in [3.8, 4) is 0 Å². The van der Waals surface area contributed by atoms with Crippen LogP contribution in [-0.4, -0.2) is 30.3 Å². The molecule has 1 N–H and O–H groups in total. The number of hydrogen-bond donors (Lipinski definition) is 1. The second-order valence-corrected chi connectivity index (χ2v) is 5.42. The quantitative estimate of drug-likeness (QED) is 0.828. The highest BCUT2D eigenvalue weighted by Gasteiger charge is 2.37. The number of methoxy groups -OCH3 is 1. The van der Waals surface area contributed by atoms with E-state index in [9.17, 15) is 4.79 Å². The van der Waals surface area contributed by atoms with Crippen LogP contribution in [-0.2, 0) is 21.5 Å². The molecule has 0 aromatic carbocycles. The fourth-order valence-electron chi connectivity index (χ4n) is 2.19. The number of nitrogens with one attached hydrogen (secondary N) is 1. The number of aryl methyl sites for hydroxylation is 1. The summed E-state index contributed by atoms with van der Waals surface area (Å²) in [6.45, 7) is 3.26. The third-order valence-corrected chi connectivity index (χ3v) is 4.50. The predicted octanol–water partition coefficient (Wildman–Crippen LogP) is 1.59. The molecular formula is C12H17IN2O3. The highest BCUT2D eigenvalue weighted by molar-refractivity contribution is 14.1. The van der Waals surface area contributed by atoms with Crippen molar-refractivity contribution in [3.05, 3.63) is 25.4 Å². The maximum absolute atomic E-state index is 11.9. The molecule has 0 atom stereocenters. The topological polar surface area (TPSA) is 64.2 Å². The summed E-state index contributed by atoms with van der Waals surface area (Å²) in [6.07, 6.45) is 2.18. The van der Waals surface area contributed by atoms with Gasteiger partial charge < -0.3 is 14.5 Å². The van der Waals surface area contributed by atoms with Gasteiger partial charge in [0.2, 0.25) is 0 Å². The van der Waals surface area contributed by atoms with Gasteiger partial charge in [-0.25, -0.2) is 4.98 Å². The van der Waals surface area contributed by atoms with Gasteiger partial charge in [-0.05, 0) is 29.0 Å². The lowest BCUT2D eigenvalue weighted by molar-refractivity contribution is -0.100. The lowest BCUT2D eigenvalue weighted by atomic mass is 9.93. The highest BCUT2D eigenvalue weighted by atomic mass is 127. The average molecular weight is 364 g/mol. The van der Waals surface area contributed by atoms with Crippen molar-refractivity contribution >= 4 is 22.6 Å². The van der Waals surface area contributed by atoms with E-state index in [-0.39, 0.29) is 5.56 Å². The van der Waals surface area contributed by atoms with Crippen LogP contribution in [0.2, 0.25) is 0 Å². The monoisotopic (exact) mass is 364 g/mol. The van der Waals surface area contributed by atoms with E-state index in [1.807, 2.05) is 29.5 Å². The van der Waals surface area contributed by atoms with Crippen LogP contribution in [0.5, 0.6) is 0 Å². The summed E-state index contributed by atoms with van der Waals surface area (Å²) in [5.74, 6) is 0.635. The Morgan fingerprint density at radius 2 is 2.17 bits per heavy atom. The molecule has 0 unspecified atom stereocenters. The number of aromatic nitrogens is 2. The van der Waals surface area contributed by atoms with E-state index in [1.54, 1.807) is 7.11 Å². The fraction of sp³-hybridized carbons (Fsp3) is 0.667. The zero-order valence-electron chi connectivity index (χ0n) is 10.6. The van der Waals surface area contributed by atoms with Crippen molar-refractivity contribution in [3.63, 3.8) is 0 Å². The van der Waals surface area contributed by atoms with E-state index < -0.39 is 5.60 Å². The molecule has 1 aromatic heterocycles. The van der Waals surface area contributed by atoms with Gasteiger partial charge in [0.25, 0.3) is 5.56 Å². The molecule has 1 saturated heterocycles. The lowest BCUT2D eigenvalue weighted by Gasteiger charge is -2.34. The summed E-state index contributed by atoms with van der Waals surface area (Å²) < 4.78 is 11.7. The Bertz CT molecular complexity index is 481. The average Bonchev–Trinajstić information content (AvgIpc) is 2.42. The molecule has 0 amide bonds. The van der Waals surface area contributed by atoms with E-state index in [2.05, 4.69) is 9.97 Å². The van der Waals surface area contributed by atoms with Crippen LogP contribution in [0.15, 0.2) is 4.79 Å². The molecule has 0 spiro atoms. The van der Waals surface area contributed by atoms with Crippen molar-refractivity contribution in [1.29, 1.82) is 0 Å². The second-order valence-electron chi connectivity index (χ2n) is 4.34. The Labute approximate surface area is 119 Å². The Balaban J connectivity index is 2.48. The molecule has 0 aliphatic carbocycles. The number of ether oxygens (including phenoxy) is 2. The maximum Gasteiger partial charge on any atom is 0.264 e. The summed E-state index contributed by atoms with van der Waals surface area (Å²) in [7, 11) is 1.66. The van der Waals surface area contributed by atoms with Crippen LogP contribution in [0.3, 0.4) is 0 Å². The van der Waals surface area contributed by atoms with Gasteiger partial charge >= 0.3 is 0 Å². The molecule has 18 heavy (non-hydrogen) atoms. The van der Waals surface area contributed by atoms with Crippen LogP contribution >= 0.6 is 22.6 Å². The van der Waals surface area contributed by atoms with E-state index in [0.717, 1.165) is 25.0 Å². The van der Waals surface area contributed by atoms with E-state index in [4.69, 9.17) is 9.47 Å². The van der Waals surface area contributed by atoms with Crippen molar-refractivity contribution in [2.24, 2.45) is 0 Å². The Morgan fingerprint density at radius 3 is 2.72 bits per heavy atom. The molecule has 6 heteroatoms. The van der Waals surface area contributed by atoms with E-state index in [1.165, 1.54) is 0 Å². The van der Waals surface area contributed by atoms with Crippen molar-refractivity contribution < 1.29 is 9.47 Å². The third-order valence-electron chi connectivity index (χ3n) is 3.39. The first-order valence-electron chi connectivity index (χ1n) is 6.05. The minimum Gasteiger partial charge on any atom is -0.381 e. The summed E-state index contributed by atoms with van der Waals surface area (Å²) in [5.41, 5.74) is 0.240. The van der Waals surface area contributed by atoms with Crippen LogP contribution in [0, 0.1) is 3.57 Å². The molecule has 100 valence electrons. The van der Waals surface area contributed by atoms with Gasteiger partial charge in [-0.1, -0.05) is 6.92 Å². The van der Waals surface area contributed by atoms with Gasteiger partial charge in [0.15, 0.2) is 0 Å². The van der Waals surface area contributed by atoms with Gasteiger partial charge in [-0.15, -0.1) is 0 Å². The van der Waals surface area contributed by atoms with Crippen LogP contribution in [0.1, 0.15) is 31.3 Å². The van der Waals surface area contributed by atoms with E-state index in [0.29, 0.717) is 22.6 Å². The SMILES string of the molecule is CCc1nc(C2(OC)CCOCC2)[nH]c(=O)c1I. The Hall–Kier alpha value is -0.470. The molecule has 0 saturated carbocycles. The van der Waals surface area contributed by atoms with E-state index >= 15 is 0 Å². The minimum atomic E-state index is -0.508. The molecule has 1 fully saturated rings. The number of halogens is 1. The summed E-state index contributed by atoms with van der Waals surface area (Å²) in [6, 6.07) is 0. The number of hydrogen-bond acceptors (Lipinski definition) is 4. The van der Waals surface area contributed by atoms with Gasteiger partial charge in [0, 0.05) is 33.2 Å². The first-order valence-corrected chi connectivity index (χ1v) is 7.13. The predicted molar refractivity (Wildman–Crippen MR) is 75.7 cm³/mol. The smallest absolute Gasteiger partial charge is 0.264 e. The Kier molecular flexibility index (Phi) is 4.39. The molecule has 2 heterocycles. The molecule has 1 aliphatic rings. The maximum atomic E-state index is 11.9. The highest BCUT2D eigenvalue weighted by Crippen LogP contribution is 2.33. The minimum absolute atomic E-state index is 0.0830. The number of rotatable bonds is 3. The second kappa shape index (κ2) is 5.66. The Morgan fingerprint density at radius 1 is 1.50 bits per heavy atom. The molecule has 0 radical (unpaired) electrons. The summed E-state index contributed by atoms with van der Waals surface area (Å²) in [4.78, 5) is 19.4. The fourth-order valence-corrected chi connectivity index (χ4v) is 2.83. The zero-order valence-corrected chi connectivity index (χ0v) is 12.7. The summed E-state index contributed by atoms with van der Waals surface area (Å²) in [5, 5.41) is 0. The lowest BCUT2D eigenvalue weighted by Crippen LogP contribution is -2.39. The van der Waals surface area contributed by atoms with Crippen LogP contribution in [0.25, 0.3) is 0 Å². The van der Waals surface area contributed by atoms with Gasteiger partial charge in [-0.2, -0.15) is 0 Å². The first kappa shape index (κ1) is 14.0. The van der Waals surface area contributed by atoms with Gasteiger partial charge in [0.1, 0.15) is 11.4 Å². The third kappa shape index (κ3) is 2.46. The molecule has 5 nitrogen and oxygen atoms in total. The molecule has 1 aromatic rings. The summed E-state index contributed by atoms with van der Waals surface area (Å²) >= 11 is 2.04. The van der Waals surface area contributed by atoms with Crippen molar-refractivity contribution in [2.45, 2.75) is 31.8 Å². The van der Waals surface area contributed by atoms with Crippen molar-refractivity contribution in [1.82, 2.24) is 9.97 Å². The first-order chi connectivity index (χ1) is 8.63. The number of aromatic amines is 1. The number of H-pyrrole nitrogens is 1. The van der Waals surface area contributed by atoms with Crippen LogP contribution in [0.4, 0.5) is 0 Å². The normalized spacial score (nSPS) is 18.8. The molecule has 1 aliphatic heterocycles.